The highest BCUT2D eigenvalue weighted by atomic mass is 19.1. The number of hydrogen-bond acceptors (Lipinski definition) is 3. The van der Waals surface area contributed by atoms with Gasteiger partial charge in [-0.15, -0.1) is 0 Å². The van der Waals surface area contributed by atoms with Gasteiger partial charge < -0.3 is 10.2 Å². The van der Waals surface area contributed by atoms with E-state index in [-0.39, 0.29) is 18.4 Å². The summed E-state index contributed by atoms with van der Waals surface area (Å²) in [7, 11) is 1.76. The molecule has 1 N–H and O–H groups in total. The van der Waals surface area contributed by atoms with Crippen LogP contribution in [0, 0.1) is 5.82 Å². The third-order valence-electron chi connectivity index (χ3n) is 4.63. The highest BCUT2D eigenvalue weighted by molar-refractivity contribution is 5.95. The fraction of sp³-hybridized carbons (Fsp3) is 0.174. The minimum atomic E-state index is -0.433. The Hall–Kier alpha value is -3.54. The van der Waals surface area contributed by atoms with Gasteiger partial charge in [0.05, 0.1) is 6.20 Å². The van der Waals surface area contributed by atoms with Crippen molar-refractivity contribution in [1.82, 2.24) is 10.3 Å². The van der Waals surface area contributed by atoms with E-state index in [0.717, 1.165) is 23.0 Å². The average molecular weight is 391 g/mol. The number of carbonyl (C=O) groups excluding carboxylic acids is 2. The molecule has 3 aromatic rings. The topological polar surface area (TPSA) is 62.3 Å². The minimum absolute atomic E-state index is 0.0575. The standard InChI is InChI=1S/C23H22FN3O2/c1-3-22(28)27(2)21-10-8-18(9-11-21)17-4-6-19(7-5-17)23(29)26-14-16-12-20(24)15-25-13-16/h4-13,15H,3,14H2,1-2H3,(H,26,29). The molecule has 3 rings (SSSR count). The van der Waals surface area contributed by atoms with Crippen LogP contribution in [-0.2, 0) is 11.3 Å². The molecule has 6 heteroatoms. The number of benzene rings is 2. The highest BCUT2D eigenvalue weighted by Crippen LogP contribution is 2.23. The van der Waals surface area contributed by atoms with Crippen LogP contribution >= 0.6 is 0 Å². The van der Waals surface area contributed by atoms with Crippen molar-refractivity contribution in [1.29, 1.82) is 0 Å². The first kappa shape index (κ1) is 20.2. The van der Waals surface area contributed by atoms with Crippen LogP contribution < -0.4 is 10.2 Å². The first-order chi connectivity index (χ1) is 14.0. The normalized spacial score (nSPS) is 10.4. The van der Waals surface area contributed by atoms with Crippen LogP contribution in [0.25, 0.3) is 11.1 Å². The molecule has 0 spiro atoms. The van der Waals surface area contributed by atoms with Crippen molar-refractivity contribution in [2.45, 2.75) is 19.9 Å². The molecule has 0 aliphatic heterocycles. The van der Waals surface area contributed by atoms with Gasteiger partial charge in [-0.25, -0.2) is 4.39 Å². The Bertz CT molecular complexity index is 1000. The summed E-state index contributed by atoms with van der Waals surface area (Å²) in [6, 6.07) is 16.3. The number of amides is 2. The zero-order chi connectivity index (χ0) is 20.8. The first-order valence-electron chi connectivity index (χ1n) is 9.32. The third kappa shape index (κ3) is 5.04. The van der Waals surface area contributed by atoms with E-state index in [1.54, 1.807) is 24.1 Å². The predicted octanol–water partition coefficient (Wildman–Crippen LogP) is 4.19. The molecule has 0 fully saturated rings. The van der Waals surface area contributed by atoms with Gasteiger partial charge in [-0.1, -0.05) is 31.2 Å². The molecule has 29 heavy (non-hydrogen) atoms. The maximum Gasteiger partial charge on any atom is 0.251 e. The maximum absolute atomic E-state index is 13.2. The Labute approximate surface area is 169 Å². The molecule has 0 aliphatic rings. The van der Waals surface area contributed by atoms with Gasteiger partial charge >= 0.3 is 0 Å². The van der Waals surface area contributed by atoms with Crippen LogP contribution in [0.5, 0.6) is 0 Å². The summed E-state index contributed by atoms with van der Waals surface area (Å²) >= 11 is 0. The van der Waals surface area contributed by atoms with E-state index in [1.165, 1.54) is 12.3 Å². The average Bonchev–Trinajstić information content (AvgIpc) is 2.76. The van der Waals surface area contributed by atoms with Crippen molar-refractivity contribution < 1.29 is 14.0 Å². The van der Waals surface area contributed by atoms with Gasteiger partial charge in [0.25, 0.3) is 5.91 Å². The zero-order valence-electron chi connectivity index (χ0n) is 16.4. The van der Waals surface area contributed by atoms with Crippen molar-refractivity contribution in [3.8, 4) is 11.1 Å². The largest absolute Gasteiger partial charge is 0.348 e. The summed E-state index contributed by atoms with van der Waals surface area (Å²) in [5.74, 6) is -0.615. The summed E-state index contributed by atoms with van der Waals surface area (Å²) in [6.45, 7) is 2.04. The number of nitrogens with zero attached hydrogens (tertiary/aromatic N) is 2. The molecule has 0 saturated carbocycles. The zero-order valence-corrected chi connectivity index (χ0v) is 16.4. The van der Waals surface area contributed by atoms with Crippen molar-refractivity contribution in [2.24, 2.45) is 0 Å². The van der Waals surface area contributed by atoms with Crippen molar-refractivity contribution in [2.75, 3.05) is 11.9 Å². The van der Waals surface area contributed by atoms with Gasteiger partial charge in [0, 0.05) is 37.5 Å². The second kappa shape index (κ2) is 9.10. The molecule has 1 heterocycles. The van der Waals surface area contributed by atoms with Crippen molar-refractivity contribution in [3.05, 3.63) is 83.9 Å². The number of nitrogens with one attached hydrogen (secondary N) is 1. The fourth-order valence-electron chi connectivity index (χ4n) is 2.91. The van der Waals surface area contributed by atoms with Crippen LogP contribution in [0.15, 0.2) is 67.0 Å². The van der Waals surface area contributed by atoms with E-state index in [9.17, 15) is 14.0 Å². The molecule has 0 saturated heterocycles. The summed E-state index contributed by atoms with van der Waals surface area (Å²) in [6.07, 6.45) is 3.09. The van der Waals surface area contributed by atoms with Crippen LogP contribution in [0.2, 0.25) is 0 Å². The fourth-order valence-corrected chi connectivity index (χ4v) is 2.91. The van der Waals surface area contributed by atoms with E-state index < -0.39 is 5.82 Å². The van der Waals surface area contributed by atoms with Gasteiger partial charge in [-0.05, 0) is 47.0 Å². The molecule has 2 amide bonds. The van der Waals surface area contributed by atoms with E-state index in [1.807, 2.05) is 43.3 Å². The molecule has 0 unspecified atom stereocenters. The predicted molar refractivity (Wildman–Crippen MR) is 111 cm³/mol. The number of pyridine rings is 1. The monoisotopic (exact) mass is 391 g/mol. The van der Waals surface area contributed by atoms with Crippen LogP contribution in [0.3, 0.4) is 0 Å². The summed E-state index contributed by atoms with van der Waals surface area (Å²) in [4.78, 5) is 29.5. The molecule has 0 aliphatic carbocycles. The smallest absolute Gasteiger partial charge is 0.251 e. The third-order valence-corrected chi connectivity index (χ3v) is 4.63. The second-order valence-electron chi connectivity index (χ2n) is 6.62. The number of halogens is 1. The lowest BCUT2D eigenvalue weighted by Crippen LogP contribution is -2.24. The summed E-state index contributed by atoms with van der Waals surface area (Å²) < 4.78 is 13.2. The number of rotatable bonds is 6. The van der Waals surface area contributed by atoms with Crippen LogP contribution in [0.1, 0.15) is 29.3 Å². The molecule has 1 aromatic heterocycles. The lowest BCUT2D eigenvalue weighted by atomic mass is 10.0. The van der Waals surface area contributed by atoms with Gasteiger partial charge in [0.15, 0.2) is 0 Å². The molecule has 2 aromatic carbocycles. The Morgan fingerprint density at radius 2 is 1.62 bits per heavy atom. The Balaban J connectivity index is 1.65. The Morgan fingerprint density at radius 1 is 1.00 bits per heavy atom. The number of aromatic nitrogens is 1. The van der Waals surface area contributed by atoms with Crippen molar-refractivity contribution in [3.63, 3.8) is 0 Å². The van der Waals surface area contributed by atoms with E-state index in [4.69, 9.17) is 0 Å². The van der Waals surface area contributed by atoms with Gasteiger partial charge in [-0.2, -0.15) is 0 Å². The van der Waals surface area contributed by atoms with E-state index in [2.05, 4.69) is 10.3 Å². The Morgan fingerprint density at radius 3 is 2.21 bits per heavy atom. The van der Waals surface area contributed by atoms with Gasteiger partial charge in [0.2, 0.25) is 5.91 Å². The molecular weight excluding hydrogens is 369 g/mol. The minimum Gasteiger partial charge on any atom is -0.348 e. The van der Waals surface area contributed by atoms with Crippen LogP contribution in [-0.4, -0.2) is 23.8 Å². The van der Waals surface area contributed by atoms with Gasteiger partial charge in [0.1, 0.15) is 5.82 Å². The molecule has 5 nitrogen and oxygen atoms in total. The van der Waals surface area contributed by atoms with E-state index >= 15 is 0 Å². The maximum atomic E-state index is 13.2. The molecule has 0 bridgehead atoms. The van der Waals surface area contributed by atoms with Crippen LogP contribution in [0.4, 0.5) is 10.1 Å². The highest BCUT2D eigenvalue weighted by Gasteiger charge is 2.09. The second-order valence-corrected chi connectivity index (χ2v) is 6.62. The van der Waals surface area contributed by atoms with Crippen molar-refractivity contribution >= 4 is 17.5 Å². The molecule has 0 radical (unpaired) electrons. The Kier molecular flexibility index (Phi) is 6.34. The summed E-state index contributed by atoms with van der Waals surface area (Å²) in [5.41, 5.74) is 3.91. The number of carbonyl (C=O) groups is 2. The molecular formula is C23H22FN3O2. The first-order valence-corrected chi connectivity index (χ1v) is 9.32. The SMILES string of the molecule is CCC(=O)N(C)c1ccc(-c2ccc(C(=O)NCc3cncc(F)c3)cc2)cc1. The number of anilines is 1. The molecule has 148 valence electrons. The lowest BCUT2D eigenvalue weighted by molar-refractivity contribution is -0.118. The number of hydrogen-bond donors (Lipinski definition) is 1. The summed E-state index contributed by atoms with van der Waals surface area (Å²) in [5, 5.41) is 2.75. The van der Waals surface area contributed by atoms with E-state index in [0.29, 0.717) is 17.5 Å². The molecule has 0 atom stereocenters. The lowest BCUT2D eigenvalue weighted by Gasteiger charge is -2.16. The quantitative estimate of drug-likeness (QED) is 0.685. The van der Waals surface area contributed by atoms with Gasteiger partial charge in [-0.3, -0.25) is 14.6 Å².